The van der Waals surface area contributed by atoms with Gasteiger partial charge in [-0.15, -0.1) is 0 Å². The highest BCUT2D eigenvalue weighted by Crippen LogP contribution is 2.57. The van der Waals surface area contributed by atoms with Gasteiger partial charge in [-0.1, -0.05) is 0 Å². The molecular formula is C13H4F16. The van der Waals surface area contributed by atoms with Crippen LogP contribution in [0.15, 0.2) is 18.2 Å². The van der Waals surface area contributed by atoms with Crippen molar-refractivity contribution in [3.8, 4) is 0 Å². The lowest BCUT2D eigenvalue weighted by Crippen LogP contribution is -2.54. The van der Waals surface area contributed by atoms with Crippen LogP contribution >= 0.6 is 0 Å². The molecule has 0 aliphatic heterocycles. The van der Waals surface area contributed by atoms with Crippen LogP contribution in [0.25, 0.3) is 0 Å². The van der Waals surface area contributed by atoms with Crippen LogP contribution in [0.5, 0.6) is 0 Å². The van der Waals surface area contributed by atoms with Crippen LogP contribution in [-0.2, 0) is 12.4 Å². The lowest BCUT2D eigenvalue weighted by Gasteiger charge is -2.35. The maximum Gasteiger partial charge on any atom is 0.454 e. The van der Waals surface area contributed by atoms with Gasteiger partial charge >= 0.3 is 36.6 Å². The number of halogens is 16. The number of hydrogen-bond donors (Lipinski definition) is 0. The van der Waals surface area contributed by atoms with Gasteiger partial charge in [0.05, 0.1) is 11.1 Å². The van der Waals surface area contributed by atoms with E-state index in [1.807, 2.05) is 0 Å². The highest BCUT2D eigenvalue weighted by molar-refractivity contribution is 5.38. The van der Waals surface area contributed by atoms with E-state index >= 15 is 0 Å². The average molecular weight is 464 g/mol. The maximum absolute atomic E-state index is 13.5. The fourth-order valence-electron chi connectivity index (χ4n) is 2.12. The first-order valence-corrected chi connectivity index (χ1v) is 6.62. The van der Waals surface area contributed by atoms with Gasteiger partial charge in [-0.3, -0.25) is 0 Å². The van der Waals surface area contributed by atoms with Crippen molar-refractivity contribution in [2.75, 3.05) is 0 Å². The summed E-state index contributed by atoms with van der Waals surface area (Å²) in [6.45, 7) is 0. The number of rotatable bonds is 3. The molecular weight excluding hydrogens is 460 g/mol. The summed E-state index contributed by atoms with van der Waals surface area (Å²) in [6, 6.07) is -2.96. The van der Waals surface area contributed by atoms with E-state index < -0.39 is 77.4 Å². The summed E-state index contributed by atoms with van der Waals surface area (Å²) >= 11 is 0. The Kier molecular flexibility index (Phi) is 5.91. The van der Waals surface area contributed by atoms with Gasteiger partial charge in [0.15, 0.2) is 0 Å². The summed E-state index contributed by atoms with van der Waals surface area (Å²) < 4.78 is 205. The molecule has 0 aliphatic carbocycles. The molecule has 0 atom stereocenters. The van der Waals surface area contributed by atoms with Crippen LogP contribution < -0.4 is 0 Å². The Bertz CT molecular complexity index is 671. The molecule has 168 valence electrons. The minimum Gasteiger partial charge on any atom is -0.195 e. The van der Waals surface area contributed by atoms with Crippen LogP contribution in [-0.4, -0.2) is 24.2 Å². The first-order valence-electron chi connectivity index (χ1n) is 6.62. The predicted molar refractivity (Wildman–Crippen MR) is 61.2 cm³/mol. The van der Waals surface area contributed by atoms with E-state index in [0.29, 0.717) is 0 Å². The van der Waals surface area contributed by atoms with Crippen molar-refractivity contribution in [3.05, 3.63) is 34.9 Å². The van der Waals surface area contributed by atoms with Crippen LogP contribution in [0.2, 0.25) is 0 Å². The highest BCUT2D eigenvalue weighted by atomic mass is 19.4. The van der Waals surface area contributed by atoms with Crippen LogP contribution in [0.4, 0.5) is 70.2 Å². The van der Waals surface area contributed by atoms with Gasteiger partial charge < -0.3 is 0 Å². The molecule has 0 aliphatic rings. The fourth-order valence-corrected chi connectivity index (χ4v) is 2.12. The predicted octanol–water partition coefficient (Wildman–Crippen LogP) is 7.20. The highest BCUT2D eigenvalue weighted by Gasteiger charge is 2.76. The molecule has 0 spiro atoms. The molecule has 0 aromatic heterocycles. The van der Waals surface area contributed by atoms with Crippen molar-refractivity contribution >= 4 is 0 Å². The van der Waals surface area contributed by atoms with E-state index in [1.54, 1.807) is 0 Å². The monoisotopic (exact) mass is 464 g/mol. The van der Waals surface area contributed by atoms with Crippen molar-refractivity contribution < 1.29 is 70.2 Å². The number of benzene rings is 1. The van der Waals surface area contributed by atoms with Gasteiger partial charge in [-0.2, -0.15) is 70.2 Å². The normalized spacial score (nSPS) is 15.2. The maximum atomic E-state index is 13.5. The van der Waals surface area contributed by atoms with Crippen LogP contribution in [0, 0.1) is 0 Å². The summed E-state index contributed by atoms with van der Waals surface area (Å²) in [5, 5.41) is 0. The molecule has 0 heterocycles. The molecule has 1 aromatic rings. The molecule has 1 aromatic carbocycles. The molecule has 0 nitrogen and oxygen atoms in total. The molecule has 1 rings (SSSR count). The number of hydrogen-bond acceptors (Lipinski definition) is 0. The van der Waals surface area contributed by atoms with E-state index in [1.165, 1.54) is 0 Å². The topological polar surface area (TPSA) is 0 Å². The second kappa shape index (κ2) is 6.82. The van der Waals surface area contributed by atoms with Gasteiger partial charge in [0.25, 0.3) is 0 Å². The van der Waals surface area contributed by atoms with E-state index in [4.69, 9.17) is 0 Å². The van der Waals surface area contributed by atoms with Gasteiger partial charge in [0, 0.05) is 0 Å². The van der Waals surface area contributed by atoms with Crippen molar-refractivity contribution in [1.82, 2.24) is 0 Å². The van der Waals surface area contributed by atoms with Crippen LogP contribution in [0.3, 0.4) is 0 Å². The smallest absolute Gasteiger partial charge is 0.195 e. The standard InChI is InChI=1S/C13H4F16/c14-8(15,12(24,25)26)7(9(16,17)13(27,28)29)4-1-5(10(18,19)20)3-6(2-4)11(21,22)23/h1-3,7H. The molecule has 0 amide bonds. The third-order valence-electron chi connectivity index (χ3n) is 3.42. The average Bonchev–Trinajstić information content (AvgIpc) is 2.42. The largest absolute Gasteiger partial charge is 0.454 e. The van der Waals surface area contributed by atoms with Gasteiger partial charge in [0.2, 0.25) is 0 Å². The minimum absolute atomic E-state index is 0.849. The quantitative estimate of drug-likeness (QED) is 0.415. The molecule has 16 heteroatoms. The van der Waals surface area contributed by atoms with E-state index in [-0.39, 0.29) is 0 Å². The Morgan fingerprint density at radius 1 is 0.448 bits per heavy atom. The zero-order valence-electron chi connectivity index (χ0n) is 12.9. The van der Waals surface area contributed by atoms with Gasteiger partial charge in [-0.05, 0) is 23.8 Å². The first kappa shape index (κ1) is 25.1. The minimum atomic E-state index is -7.18. The second-order valence-corrected chi connectivity index (χ2v) is 5.51. The Hall–Kier alpha value is -1.90. The van der Waals surface area contributed by atoms with Gasteiger partial charge in [-0.25, -0.2) is 0 Å². The van der Waals surface area contributed by atoms with E-state index in [2.05, 4.69) is 0 Å². The van der Waals surface area contributed by atoms with Gasteiger partial charge in [0.1, 0.15) is 5.92 Å². The summed E-state index contributed by atoms with van der Waals surface area (Å²) in [6.07, 6.45) is -26.2. The van der Waals surface area contributed by atoms with Crippen molar-refractivity contribution in [1.29, 1.82) is 0 Å². The number of alkyl halides is 16. The molecule has 0 fully saturated rings. The third-order valence-corrected chi connectivity index (χ3v) is 3.42. The van der Waals surface area contributed by atoms with Crippen molar-refractivity contribution in [2.24, 2.45) is 0 Å². The van der Waals surface area contributed by atoms with Crippen molar-refractivity contribution in [2.45, 2.75) is 42.5 Å². The Labute approximate surface area is 149 Å². The summed E-state index contributed by atoms with van der Waals surface area (Å²) in [5.74, 6) is -19.6. The second-order valence-electron chi connectivity index (χ2n) is 5.51. The molecule has 0 unspecified atom stereocenters. The van der Waals surface area contributed by atoms with E-state index in [9.17, 15) is 70.2 Å². The van der Waals surface area contributed by atoms with Crippen molar-refractivity contribution in [3.63, 3.8) is 0 Å². The molecule has 0 saturated heterocycles. The Morgan fingerprint density at radius 3 is 0.931 bits per heavy atom. The lowest BCUT2D eigenvalue weighted by atomic mass is 9.84. The molecule has 0 N–H and O–H groups in total. The Morgan fingerprint density at radius 2 is 0.724 bits per heavy atom. The zero-order chi connectivity index (χ0) is 23.4. The molecule has 0 radical (unpaired) electrons. The molecule has 0 saturated carbocycles. The first-order chi connectivity index (χ1) is 12.4. The Balaban J connectivity index is 4.01. The zero-order valence-corrected chi connectivity index (χ0v) is 12.9. The lowest BCUT2D eigenvalue weighted by molar-refractivity contribution is -0.354. The summed E-state index contributed by atoms with van der Waals surface area (Å²) in [5.41, 5.74) is -8.19. The summed E-state index contributed by atoms with van der Waals surface area (Å²) in [7, 11) is 0. The third kappa shape index (κ3) is 4.82. The SMILES string of the molecule is FC(F)(F)c1cc(C(C(F)(F)C(F)(F)F)C(F)(F)C(F)(F)F)cc(C(F)(F)F)c1. The molecule has 0 bridgehead atoms. The van der Waals surface area contributed by atoms with E-state index in [0.717, 1.165) is 0 Å². The van der Waals surface area contributed by atoms with Crippen LogP contribution in [0.1, 0.15) is 22.6 Å². The fraction of sp³-hybridized carbons (Fsp3) is 0.538. The molecule has 29 heavy (non-hydrogen) atoms. The summed E-state index contributed by atoms with van der Waals surface area (Å²) in [4.78, 5) is 0.